The van der Waals surface area contributed by atoms with E-state index in [0.717, 1.165) is 11.3 Å². The van der Waals surface area contributed by atoms with Gasteiger partial charge in [0.25, 0.3) is 5.91 Å². The molecule has 8 nitrogen and oxygen atoms in total. The third-order valence-electron chi connectivity index (χ3n) is 5.60. The number of ketones is 1. The van der Waals surface area contributed by atoms with Gasteiger partial charge in [-0.05, 0) is 29.8 Å². The van der Waals surface area contributed by atoms with Crippen molar-refractivity contribution in [2.45, 2.75) is 11.3 Å². The van der Waals surface area contributed by atoms with Crippen molar-refractivity contribution in [3.8, 4) is 5.75 Å². The number of rotatable bonds is 11. The summed E-state index contributed by atoms with van der Waals surface area (Å²) in [5.74, 6) is -1.15. The van der Waals surface area contributed by atoms with Crippen LogP contribution in [0.25, 0.3) is 0 Å². The zero-order valence-corrected chi connectivity index (χ0v) is 20.0. The van der Waals surface area contributed by atoms with Gasteiger partial charge in [-0.25, -0.2) is 0 Å². The van der Waals surface area contributed by atoms with E-state index in [1.54, 1.807) is 29.2 Å². The van der Waals surface area contributed by atoms with Gasteiger partial charge in [0.05, 0.1) is 11.8 Å². The molecule has 2 unspecified atom stereocenters. The molecule has 0 aliphatic carbocycles. The van der Waals surface area contributed by atoms with Gasteiger partial charge < -0.3 is 20.1 Å². The molecule has 3 aromatic carbocycles. The topological polar surface area (TPSA) is 113 Å². The summed E-state index contributed by atoms with van der Waals surface area (Å²) < 4.78 is 5.44. The number of carboxylic acids is 1. The zero-order valence-electron chi connectivity index (χ0n) is 19.2. The molecule has 1 heterocycles. The molecule has 1 fully saturated rings. The number of hydrogen-bond donors (Lipinski definition) is 2. The second kappa shape index (κ2) is 11.5. The van der Waals surface area contributed by atoms with Crippen LogP contribution in [0.4, 0.5) is 5.69 Å². The fraction of sp³-hybridized carbons (Fsp3) is 0.185. The van der Waals surface area contributed by atoms with E-state index in [0.29, 0.717) is 11.3 Å². The third-order valence-corrected chi connectivity index (χ3v) is 6.85. The van der Waals surface area contributed by atoms with E-state index in [9.17, 15) is 19.2 Å². The Morgan fingerprint density at radius 3 is 2.19 bits per heavy atom. The van der Waals surface area contributed by atoms with Gasteiger partial charge in [-0.3, -0.25) is 19.2 Å². The van der Waals surface area contributed by atoms with E-state index in [2.05, 4.69) is 5.32 Å². The van der Waals surface area contributed by atoms with Crippen LogP contribution in [0.2, 0.25) is 0 Å². The zero-order chi connectivity index (χ0) is 25.5. The standard InChI is InChI=1S/C27H24N2O6S/c30-22(18-7-3-1-4-8-18)17-36-26-25(29(27(26)34)20-9-5-2-6-10-20)19-11-13-21(14-12-19)35-16-23(31)28-15-24(32)33/h1-14,25-26H,15-17H2,(H,28,31)(H,32,33). The van der Waals surface area contributed by atoms with Crippen LogP contribution in [0, 0.1) is 0 Å². The number of anilines is 1. The smallest absolute Gasteiger partial charge is 0.322 e. The molecule has 36 heavy (non-hydrogen) atoms. The van der Waals surface area contributed by atoms with Crippen molar-refractivity contribution >= 4 is 41.0 Å². The van der Waals surface area contributed by atoms with Crippen molar-refractivity contribution in [1.29, 1.82) is 0 Å². The van der Waals surface area contributed by atoms with E-state index < -0.39 is 23.7 Å². The predicted octanol–water partition coefficient (Wildman–Crippen LogP) is 3.34. The highest BCUT2D eigenvalue weighted by atomic mass is 32.2. The van der Waals surface area contributed by atoms with Gasteiger partial charge in [-0.15, -0.1) is 11.8 Å². The van der Waals surface area contributed by atoms with Crippen LogP contribution in [-0.2, 0) is 14.4 Å². The van der Waals surface area contributed by atoms with E-state index in [1.165, 1.54) is 11.8 Å². The summed E-state index contributed by atoms with van der Waals surface area (Å²) in [4.78, 5) is 49.7. The van der Waals surface area contributed by atoms with Crippen molar-refractivity contribution < 1.29 is 29.0 Å². The number of benzene rings is 3. The minimum Gasteiger partial charge on any atom is -0.484 e. The fourth-order valence-electron chi connectivity index (χ4n) is 3.83. The van der Waals surface area contributed by atoms with Crippen LogP contribution < -0.4 is 15.0 Å². The molecule has 1 aliphatic rings. The van der Waals surface area contributed by atoms with Gasteiger partial charge in [0.1, 0.15) is 17.5 Å². The number of thioether (sulfide) groups is 1. The maximum absolute atomic E-state index is 13.1. The Balaban J connectivity index is 1.46. The van der Waals surface area contributed by atoms with E-state index in [4.69, 9.17) is 9.84 Å². The predicted molar refractivity (Wildman–Crippen MR) is 136 cm³/mol. The Bertz CT molecular complexity index is 1230. The van der Waals surface area contributed by atoms with Crippen LogP contribution in [0.15, 0.2) is 84.9 Å². The lowest BCUT2D eigenvalue weighted by molar-refractivity contribution is -0.138. The van der Waals surface area contributed by atoms with Crippen molar-refractivity contribution in [2.24, 2.45) is 0 Å². The quantitative estimate of drug-likeness (QED) is 0.304. The Morgan fingerprint density at radius 2 is 1.56 bits per heavy atom. The first-order chi connectivity index (χ1) is 17.4. The number of nitrogens with zero attached hydrogens (tertiary/aromatic N) is 1. The van der Waals surface area contributed by atoms with Gasteiger partial charge in [0, 0.05) is 11.3 Å². The Kier molecular flexibility index (Phi) is 8.02. The van der Waals surface area contributed by atoms with Gasteiger partial charge >= 0.3 is 5.97 Å². The fourth-order valence-corrected chi connectivity index (χ4v) is 5.05. The van der Waals surface area contributed by atoms with Crippen LogP contribution in [0.1, 0.15) is 22.0 Å². The Morgan fingerprint density at radius 1 is 0.917 bits per heavy atom. The summed E-state index contributed by atoms with van der Waals surface area (Å²) in [6, 6.07) is 25.1. The highest BCUT2D eigenvalue weighted by Gasteiger charge is 2.49. The maximum Gasteiger partial charge on any atom is 0.322 e. The molecule has 2 amide bonds. The van der Waals surface area contributed by atoms with Crippen LogP contribution in [-0.4, -0.2) is 52.8 Å². The summed E-state index contributed by atoms with van der Waals surface area (Å²) in [5.41, 5.74) is 2.25. The normalized spacial score (nSPS) is 16.7. The molecule has 1 aliphatic heterocycles. The molecule has 2 N–H and O–H groups in total. The van der Waals surface area contributed by atoms with Crippen molar-refractivity contribution in [3.63, 3.8) is 0 Å². The minimum absolute atomic E-state index is 0.0322. The first-order valence-corrected chi connectivity index (χ1v) is 12.3. The Hall–Kier alpha value is -4.11. The van der Waals surface area contributed by atoms with Crippen LogP contribution in [0.3, 0.4) is 0 Å². The largest absolute Gasteiger partial charge is 0.484 e. The third kappa shape index (κ3) is 5.92. The van der Waals surface area contributed by atoms with Crippen molar-refractivity contribution in [2.75, 3.05) is 23.8 Å². The second-order valence-corrected chi connectivity index (χ2v) is 9.17. The summed E-state index contributed by atoms with van der Waals surface area (Å²) >= 11 is 1.33. The number of amides is 2. The highest BCUT2D eigenvalue weighted by molar-refractivity contribution is 8.01. The van der Waals surface area contributed by atoms with Crippen molar-refractivity contribution in [3.05, 3.63) is 96.1 Å². The summed E-state index contributed by atoms with van der Waals surface area (Å²) in [6.07, 6.45) is 0. The number of carbonyl (C=O) groups is 4. The van der Waals surface area contributed by atoms with E-state index >= 15 is 0 Å². The number of para-hydroxylation sites is 1. The van der Waals surface area contributed by atoms with E-state index in [1.807, 2.05) is 60.7 Å². The lowest BCUT2D eigenvalue weighted by Gasteiger charge is -2.47. The number of carbonyl (C=O) groups excluding carboxylic acids is 3. The summed E-state index contributed by atoms with van der Waals surface area (Å²) in [5, 5.41) is 10.4. The molecule has 0 saturated carbocycles. The summed E-state index contributed by atoms with van der Waals surface area (Å²) in [6.45, 7) is -0.789. The number of ether oxygens (including phenoxy) is 1. The van der Waals surface area contributed by atoms with Gasteiger partial charge in [-0.2, -0.15) is 0 Å². The van der Waals surface area contributed by atoms with Gasteiger partial charge in [0.15, 0.2) is 12.4 Å². The molecule has 4 rings (SSSR count). The second-order valence-electron chi connectivity index (χ2n) is 8.04. The highest BCUT2D eigenvalue weighted by Crippen LogP contribution is 2.45. The van der Waals surface area contributed by atoms with Crippen LogP contribution >= 0.6 is 11.8 Å². The number of Topliss-reactive ketones (excluding diaryl/α,β-unsaturated/α-hetero) is 1. The van der Waals surface area contributed by atoms with E-state index in [-0.39, 0.29) is 30.1 Å². The summed E-state index contributed by atoms with van der Waals surface area (Å²) in [7, 11) is 0. The van der Waals surface area contributed by atoms with Gasteiger partial charge in [0.2, 0.25) is 5.91 Å². The average molecular weight is 505 g/mol. The first kappa shape index (κ1) is 25.0. The number of aliphatic carboxylic acids is 1. The lowest BCUT2D eigenvalue weighted by atomic mass is 9.92. The monoisotopic (exact) mass is 504 g/mol. The minimum atomic E-state index is -1.14. The average Bonchev–Trinajstić information content (AvgIpc) is 2.90. The van der Waals surface area contributed by atoms with Gasteiger partial charge in [-0.1, -0.05) is 60.7 Å². The van der Waals surface area contributed by atoms with Crippen LogP contribution in [0.5, 0.6) is 5.75 Å². The molecule has 184 valence electrons. The first-order valence-electron chi connectivity index (χ1n) is 11.2. The molecule has 0 aromatic heterocycles. The Labute approximate surface area is 212 Å². The maximum atomic E-state index is 13.1. The van der Waals surface area contributed by atoms with Crippen molar-refractivity contribution in [1.82, 2.24) is 5.32 Å². The SMILES string of the molecule is O=C(O)CNC(=O)COc1ccc(C2C(SCC(=O)c3ccccc3)C(=O)N2c2ccccc2)cc1. The molecule has 2 atom stereocenters. The molecule has 0 bridgehead atoms. The molecule has 9 heteroatoms. The molecular formula is C27H24N2O6S. The number of nitrogens with one attached hydrogen (secondary N) is 1. The lowest BCUT2D eigenvalue weighted by Crippen LogP contribution is -2.57. The molecule has 0 radical (unpaired) electrons. The molecule has 0 spiro atoms. The number of hydrogen-bond acceptors (Lipinski definition) is 6. The molecule has 3 aromatic rings. The number of β-lactam (4-membered cyclic amide) rings is 1. The number of carboxylic acid groups (broad SMARTS) is 1. The molecule has 1 saturated heterocycles. The molecular weight excluding hydrogens is 480 g/mol.